The number of hydrogen-bond donors (Lipinski definition) is 3. The molecule has 204 valence electrons. The Morgan fingerprint density at radius 2 is 1.89 bits per heavy atom. The van der Waals surface area contributed by atoms with Crippen molar-refractivity contribution >= 4 is 54.5 Å². The SMILES string of the molecule is C=C/C=C(\C=C(/C)P)c1sc2c(c1CNC(=O)Nc1sc3c(c1C(=O)OC(C)(C)C)CCCC3)CCNC2. The first kappa shape index (κ1) is 28.8. The molecule has 2 aromatic rings. The Kier molecular flexibility index (Phi) is 9.30. The molecule has 0 fully saturated rings. The predicted octanol–water partition coefficient (Wildman–Crippen LogP) is 6.96. The van der Waals surface area contributed by atoms with Crippen molar-refractivity contribution < 1.29 is 14.3 Å². The molecule has 0 saturated carbocycles. The van der Waals surface area contributed by atoms with Gasteiger partial charge in [-0.25, -0.2) is 9.59 Å². The van der Waals surface area contributed by atoms with Crippen LogP contribution in [0, 0.1) is 0 Å². The van der Waals surface area contributed by atoms with Crippen molar-refractivity contribution in [3.05, 3.63) is 67.0 Å². The fraction of sp³-hybridized carbons (Fsp3) is 0.448. The Morgan fingerprint density at radius 3 is 2.61 bits per heavy atom. The topological polar surface area (TPSA) is 79.5 Å². The van der Waals surface area contributed by atoms with Gasteiger partial charge in [-0.05, 0) is 88.6 Å². The number of hydrogen-bond acceptors (Lipinski definition) is 6. The van der Waals surface area contributed by atoms with Gasteiger partial charge in [-0.3, -0.25) is 5.32 Å². The van der Waals surface area contributed by atoms with E-state index < -0.39 is 5.60 Å². The summed E-state index contributed by atoms with van der Waals surface area (Å²) in [6.07, 6.45) is 10.8. The van der Waals surface area contributed by atoms with Crippen LogP contribution in [0.4, 0.5) is 9.80 Å². The summed E-state index contributed by atoms with van der Waals surface area (Å²) in [5.41, 5.74) is 4.49. The van der Waals surface area contributed by atoms with E-state index in [9.17, 15) is 9.59 Å². The van der Waals surface area contributed by atoms with Crippen LogP contribution in [0.5, 0.6) is 0 Å². The van der Waals surface area contributed by atoms with E-state index in [2.05, 4.69) is 37.8 Å². The molecule has 4 rings (SSSR count). The molecule has 38 heavy (non-hydrogen) atoms. The lowest BCUT2D eigenvalue weighted by molar-refractivity contribution is 0.00699. The maximum absolute atomic E-state index is 13.2. The van der Waals surface area contributed by atoms with Crippen molar-refractivity contribution in [1.29, 1.82) is 0 Å². The number of thiophene rings is 2. The van der Waals surface area contributed by atoms with E-state index in [-0.39, 0.29) is 12.0 Å². The summed E-state index contributed by atoms with van der Waals surface area (Å²) in [5.74, 6) is -0.368. The molecule has 1 aliphatic heterocycles. The average molecular weight is 572 g/mol. The van der Waals surface area contributed by atoms with Gasteiger partial charge in [-0.15, -0.1) is 31.9 Å². The molecule has 3 N–H and O–H groups in total. The van der Waals surface area contributed by atoms with Gasteiger partial charge in [0.25, 0.3) is 0 Å². The van der Waals surface area contributed by atoms with E-state index in [0.29, 0.717) is 17.1 Å². The van der Waals surface area contributed by atoms with Gasteiger partial charge in [-0.2, -0.15) is 0 Å². The zero-order valence-electron chi connectivity index (χ0n) is 22.7. The van der Waals surface area contributed by atoms with Crippen LogP contribution >= 0.6 is 31.9 Å². The Hall–Kier alpha value is -2.25. The summed E-state index contributed by atoms with van der Waals surface area (Å²) in [6, 6.07) is -0.319. The summed E-state index contributed by atoms with van der Waals surface area (Å²) >= 11 is 3.28. The number of amides is 2. The fourth-order valence-corrected chi connectivity index (χ4v) is 7.68. The maximum Gasteiger partial charge on any atom is 0.341 e. The number of carbonyl (C=O) groups is 2. The molecule has 0 radical (unpaired) electrons. The van der Waals surface area contributed by atoms with E-state index in [1.54, 1.807) is 17.4 Å². The summed E-state index contributed by atoms with van der Waals surface area (Å²) in [6.45, 7) is 13.7. The quantitative estimate of drug-likeness (QED) is 0.191. The second kappa shape index (κ2) is 12.3. The van der Waals surface area contributed by atoms with E-state index in [0.717, 1.165) is 72.1 Å². The molecule has 1 atom stereocenters. The van der Waals surface area contributed by atoms with Crippen molar-refractivity contribution in [2.24, 2.45) is 0 Å². The summed E-state index contributed by atoms with van der Waals surface area (Å²) in [4.78, 5) is 30.0. The monoisotopic (exact) mass is 571 g/mol. The van der Waals surface area contributed by atoms with Crippen molar-refractivity contribution in [2.45, 2.75) is 78.5 Å². The highest BCUT2D eigenvalue weighted by atomic mass is 32.1. The number of rotatable bonds is 7. The fourth-order valence-electron chi connectivity index (χ4n) is 4.90. The largest absolute Gasteiger partial charge is 0.456 e. The Balaban J connectivity index is 1.59. The molecular weight excluding hydrogens is 533 g/mol. The predicted molar refractivity (Wildman–Crippen MR) is 163 cm³/mol. The third-order valence-corrected chi connectivity index (χ3v) is 9.10. The molecular formula is C29H38N3O3PS2. The van der Waals surface area contributed by atoms with Crippen LogP contribution in [0.1, 0.15) is 82.2 Å². The lowest BCUT2D eigenvalue weighted by Crippen LogP contribution is -2.30. The second-order valence-corrected chi connectivity index (χ2v) is 13.8. The van der Waals surface area contributed by atoms with Crippen LogP contribution in [0.25, 0.3) is 5.57 Å². The normalized spacial score (nSPS) is 15.9. The van der Waals surface area contributed by atoms with Crippen LogP contribution in [0.15, 0.2) is 30.1 Å². The number of nitrogens with one attached hydrogen (secondary N) is 3. The van der Waals surface area contributed by atoms with Crippen molar-refractivity contribution in [3.63, 3.8) is 0 Å². The Bertz CT molecular complexity index is 1290. The van der Waals surface area contributed by atoms with E-state index >= 15 is 0 Å². The number of allylic oxidation sites excluding steroid dienone is 5. The van der Waals surface area contributed by atoms with Gasteiger partial charge in [0.15, 0.2) is 0 Å². The number of urea groups is 1. The van der Waals surface area contributed by atoms with E-state index in [1.165, 1.54) is 26.7 Å². The number of aryl methyl sites for hydroxylation is 1. The summed E-state index contributed by atoms with van der Waals surface area (Å²) in [7, 11) is 2.74. The molecule has 2 amide bonds. The minimum Gasteiger partial charge on any atom is -0.456 e. The summed E-state index contributed by atoms with van der Waals surface area (Å²) in [5, 5.41) is 11.2. The van der Waals surface area contributed by atoms with Gasteiger partial charge in [0.05, 0.1) is 5.56 Å². The van der Waals surface area contributed by atoms with Gasteiger partial charge >= 0.3 is 12.0 Å². The van der Waals surface area contributed by atoms with E-state index in [1.807, 2.05) is 33.8 Å². The van der Waals surface area contributed by atoms with Crippen LogP contribution < -0.4 is 16.0 Å². The smallest absolute Gasteiger partial charge is 0.341 e. The third-order valence-electron chi connectivity index (χ3n) is 6.41. The minimum absolute atomic E-state index is 0.319. The molecule has 2 aliphatic rings. The highest BCUT2D eigenvalue weighted by molar-refractivity contribution is 7.22. The maximum atomic E-state index is 13.2. The molecule has 0 aromatic carbocycles. The first-order valence-electron chi connectivity index (χ1n) is 13.1. The van der Waals surface area contributed by atoms with Crippen LogP contribution in [0.3, 0.4) is 0 Å². The average Bonchev–Trinajstić information content (AvgIpc) is 3.39. The van der Waals surface area contributed by atoms with Gasteiger partial charge in [0.1, 0.15) is 10.6 Å². The van der Waals surface area contributed by atoms with Gasteiger partial charge in [0, 0.05) is 27.7 Å². The Labute approximate surface area is 236 Å². The third kappa shape index (κ3) is 6.84. The molecule has 1 unspecified atom stereocenters. The molecule has 1 aliphatic carbocycles. The molecule has 0 spiro atoms. The van der Waals surface area contributed by atoms with Gasteiger partial charge < -0.3 is 15.4 Å². The second-order valence-electron chi connectivity index (χ2n) is 10.7. The van der Waals surface area contributed by atoms with Gasteiger partial charge in [-0.1, -0.05) is 30.1 Å². The number of ether oxygens (including phenoxy) is 1. The molecule has 0 bridgehead atoms. The summed E-state index contributed by atoms with van der Waals surface area (Å²) < 4.78 is 5.72. The zero-order valence-corrected chi connectivity index (χ0v) is 25.5. The molecule has 2 aromatic heterocycles. The van der Waals surface area contributed by atoms with Crippen LogP contribution in [-0.2, 0) is 37.1 Å². The minimum atomic E-state index is -0.607. The van der Waals surface area contributed by atoms with Crippen LogP contribution in [-0.4, -0.2) is 24.1 Å². The van der Waals surface area contributed by atoms with E-state index in [4.69, 9.17) is 4.74 Å². The van der Waals surface area contributed by atoms with Crippen molar-refractivity contribution in [3.8, 4) is 0 Å². The Morgan fingerprint density at radius 1 is 1.13 bits per heavy atom. The first-order valence-corrected chi connectivity index (χ1v) is 15.3. The molecule has 9 heteroatoms. The lowest BCUT2D eigenvalue weighted by Gasteiger charge is -2.21. The highest BCUT2D eigenvalue weighted by Crippen LogP contribution is 2.40. The molecule has 0 saturated heterocycles. The number of esters is 1. The van der Waals surface area contributed by atoms with Gasteiger partial charge in [0.2, 0.25) is 0 Å². The number of carbonyl (C=O) groups excluding carboxylic acids is 2. The lowest BCUT2D eigenvalue weighted by atomic mass is 9.95. The molecule has 3 heterocycles. The van der Waals surface area contributed by atoms with Crippen LogP contribution in [0.2, 0.25) is 0 Å². The zero-order chi connectivity index (χ0) is 27.4. The van der Waals surface area contributed by atoms with Crippen molar-refractivity contribution in [2.75, 3.05) is 11.9 Å². The first-order chi connectivity index (χ1) is 18.1. The number of anilines is 1. The standard InChI is InChI=1S/C29H38N3O3PS2/c1-6-9-18(14-17(2)36)25-21(19-12-13-30-16-23(19)37-25)15-31-28(34)32-26-24(27(33)35-29(3,4)5)20-10-7-8-11-22(20)38-26/h6,9,14,30H,1,7-8,10-13,15-16,36H2,2-5H3,(H2,31,32,34)/b17-14+,18-9+. The highest BCUT2D eigenvalue weighted by Gasteiger charge is 2.30. The number of fused-ring (bicyclic) bond motifs is 2. The molecule has 6 nitrogen and oxygen atoms in total. The van der Waals surface area contributed by atoms with Crippen molar-refractivity contribution in [1.82, 2.24) is 10.6 Å².